The summed E-state index contributed by atoms with van der Waals surface area (Å²) in [5.74, 6) is -0.658. The molecule has 0 amide bonds. The van der Waals surface area contributed by atoms with Gasteiger partial charge in [-0.15, -0.1) is 0 Å². The minimum absolute atomic E-state index is 0.338. The Morgan fingerprint density at radius 1 is 0.640 bits per heavy atom. The Morgan fingerprint density at radius 2 is 1.08 bits per heavy atom. The molecule has 0 spiro atoms. The second kappa shape index (κ2) is 21.0. The van der Waals surface area contributed by atoms with Crippen molar-refractivity contribution in [2.75, 3.05) is 0 Å². The molecular weight excluding hydrogens is 308 g/mol. The SMILES string of the molecule is CCCCC=CCC=CCCCCCCCCCCCCCC(=O)O. The Labute approximate surface area is 156 Å². The van der Waals surface area contributed by atoms with Gasteiger partial charge in [0, 0.05) is 6.42 Å². The van der Waals surface area contributed by atoms with Crippen LogP contribution in [-0.2, 0) is 4.79 Å². The molecular formula is C23H42O2. The average molecular weight is 351 g/mol. The molecule has 0 heterocycles. The van der Waals surface area contributed by atoms with Crippen molar-refractivity contribution in [3.63, 3.8) is 0 Å². The van der Waals surface area contributed by atoms with Crippen LogP contribution < -0.4 is 0 Å². The molecule has 0 radical (unpaired) electrons. The van der Waals surface area contributed by atoms with Gasteiger partial charge in [0.2, 0.25) is 0 Å². The highest BCUT2D eigenvalue weighted by molar-refractivity contribution is 5.66. The molecule has 0 aliphatic heterocycles. The van der Waals surface area contributed by atoms with Gasteiger partial charge in [0.05, 0.1) is 0 Å². The number of carboxylic acid groups (broad SMARTS) is 1. The molecule has 0 saturated carbocycles. The Hall–Kier alpha value is -1.05. The maximum Gasteiger partial charge on any atom is 0.303 e. The van der Waals surface area contributed by atoms with Crippen molar-refractivity contribution in [2.45, 2.75) is 116 Å². The van der Waals surface area contributed by atoms with Crippen LogP contribution in [0.15, 0.2) is 24.3 Å². The highest BCUT2D eigenvalue weighted by Gasteiger charge is 1.96. The van der Waals surface area contributed by atoms with Gasteiger partial charge in [-0.05, 0) is 32.1 Å². The molecule has 0 saturated heterocycles. The predicted octanol–water partition coefficient (Wildman–Crippen LogP) is 7.84. The second-order valence-electron chi connectivity index (χ2n) is 7.14. The third-order valence-electron chi connectivity index (χ3n) is 4.59. The summed E-state index contributed by atoms with van der Waals surface area (Å²) < 4.78 is 0. The number of hydrogen-bond donors (Lipinski definition) is 1. The van der Waals surface area contributed by atoms with Crippen LogP contribution in [0.25, 0.3) is 0 Å². The van der Waals surface area contributed by atoms with Gasteiger partial charge in [0.1, 0.15) is 0 Å². The second-order valence-corrected chi connectivity index (χ2v) is 7.14. The van der Waals surface area contributed by atoms with Crippen molar-refractivity contribution in [1.29, 1.82) is 0 Å². The molecule has 0 aliphatic rings. The number of carboxylic acids is 1. The largest absolute Gasteiger partial charge is 0.481 e. The van der Waals surface area contributed by atoms with Gasteiger partial charge in [-0.1, -0.05) is 102 Å². The van der Waals surface area contributed by atoms with Crippen LogP contribution in [0.1, 0.15) is 116 Å². The van der Waals surface area contributed by atoms with Gasteiger partial charge in [0.25, 0.3) is 0 Å². The van der Waals surface area contributed by atoms with Gasteiger partial charge in [-0.25, -0.2) is 0 Å². The zero-order chi connectivity index (χ0) is 18.4. The van der Waals surface area contributed by atoms with Crippen molar-refractivity contribution in [2.24, 2.45) is 0 Å². The van der Waals surface area contributed by atoms with Crippen LogP contribution >= 0.6 is 0 Å². The third kappa shape index (κ3) is 22.9. The van der Waals surface area contributed by atoms with Crippen molar-refractivity contribution < 1.29 is 9.90 Å². The summed E-state index contributed by atoms with van der Waals surface area (Å²) in [5.41, 5.74) is 0. The molecule has 0 bridgehead atoms. The highest BCUT2D eigenvalue weighted by atomic mass is 16.4. The monoisotopic (exact) mass is 350 g/mol. The molecule has 0 aliphatic carbocycles. The topological polar surface area (TPSA) is 37.3 Å². The first kappa shape index (κ1) is 23.9. The van der Waals surface area contributed by atoms with Crippen molar-refractivity contribution >= 4 is 5.97 Å². The van der Waals surface area contributed by atoms with E-state index >= 15 is 0 Å². The van der Waals surface area contributed by atoms with Crippen LogP contribution in [0.4, 0.5) is 0 Å². The summed E-state index contributed by atoms with van der Waals surface area (Å²) in [6, 6.07) is 0. The summed E-state index contributed by atoms with van der Waals surface area (Å²) in [7, 11) is 0. The lowest BCUT2D eigenvalue weighted by Gasteiger charge is -2.02. The Balaban J connectivity index is 3.11. The van der Waals surface area contributed by atoms with E-state index in [0.29, 0.717) is 6.42 Å². The van der Waals surface area contributed by atoms with Crippen LogP contribution in [-0.4, -0.2) is 11.1 Å². The molecule has 25 heavy (non-hydrogen) atoms. The first-order chi connectivity index (χ1) is 12.3. The Bertz CT molecular complexity index is 331. The summed E-state index contributed by atoms with van der Waals surface area (Å²) >= 11 is 0. The fourth-order valence-corrected chi connectivity index (χ4v) is 2.96. The van der Waals surface area contributed by atoms with E-state index in [9.17, 15) is 4.79 Å². The lowest BCUT2D eigenvalue weighted by molar-refractivity contribution is -0.137. The lowest BCUT2D eigenvalue weighted by Crippen LogP contribution is -1.93. The molecule has 0 rings (SSSR count). The smallest absolute Gasteiger partial charge is 0.303 e. The zero-order valence-corrected chi connectivity index (χ0v) is 16.7. The highest BCUT2D eigenvalue weighted by Crippen LogP contribution is 2.12. The van der Waals surface area contributed by atoms with Crippen molar-refractivity contribution in [3.8, 4) is 0 Å². The predicted molar refractivity (Wildman–Crippen MR) is 110 cm³/mol. The van der Waals surface area contributed by atoms with Gasteiger partial charge in [-0.3, -0.25) is 4.79 Å². The minimum Gasteiger partial charge on any atom is -0.481 e. The quantitative estimate of drug-likeness (QED) is 0.190. The van der Waals surface area contributed by atoms with Crippen LogP contribution in [0.5, 0.6) is 0 Å². The number of hydrogen-bond acceptors (Lipinski definition) is 1. The Kier molecular flexibility index (Phi) is 20.1. The molecule has 146 valence electrons. The van der Waals surface area contributed by atoms with E-state index < -0.39 is 5.97 Å². The summed E-state index contributed by atoms with van der Waals surface area (Å²) in [4.78, 5) is 10.4. The number of aliphatic carboxylic acids is 1. The molecule has 0 atom stereocenters. The maximum atomic E-state index is 10.4. The van der Waals surface area contributed by atoms with E-state index in [2.05, 4.69) is 31.2 Å². The molecule has 0 aromatic heterocycles. The standard InChI is InChI=1S/C23H42O2/c1-2-3-4-5-6-7-8-9-10-11-12-13-14-15-16-17-18-19-20-21-22-23(24)25/h5-6,8-9H,2-4,7,10-22H2,1H3,(H,24,25). The molecule has 2 nitrogen and oxygen atoms in total. The van der Waals surface area contributed by atoms with Gasteiger partial charge < -0.3 is 5.11 Å². The first-order valence-electron chi connectivity index (χ1n) is 10.8. The number of allylic oxidation sites excluding steroid dienone is 4. The summed E-state index contributed by atoms with van der Waals surface area (Å²) in [6.07, 6.45) is 29.6. The van der Waals surface area contributed by atoms with Crippen LogP contribution in [0.3, 0.4) is 0 Å². The van der Waals surface area contributed by atoms with Gasteiger partial charge in [-0.2, -0.15) is 0 Å². The first-order valence-corrected chi connectivity index (χ1v) is 10.8. The number of rotatable bonds is 19. The maximum absolute atomic E-state index is 10.4. The normalized spacial score (nSPS) is 11.7. The van der Waals surface area contributed by atoms with E-state index in [1.807, 2.05) is 0 Å². The van der Waals surface area contributed by atoms with E-state index in [1.54, 1.807) is 0 Å². The van der Waals surface area contributed by atoms with Crippen LogP contribution in [0, 0.1) is 0 Å². The molecule has 0 fully saturated rings. The number of carbonyl (C=O) groups is 1. The molecule has 2 heteroatoms. The van der Waals surface area contributed by atoms with E-state index in [-0.39, 0.29) is 0 Å². The molecule has 0 aromatic carbocycles. The Morgan fingerprint density at radius 3 is 1.56 bits per heavy atom. The molecule has 1 N–H and O–H groups in total. The van der Waals surface area contributed by atoms with E-state index in [4.69, 9.17) is 5.11 Å². The van der Waals surface area contributed by atoms with E-state index in [0.717, 1.165) is 19.3 Å². The molecule has 0 aromatic rings. The summed E-state index contributed by atoms with van der Waals surface area (Å²) in [6.45, 7) is 2.24. The van der Waals surface area contributed by atoms with Gasteiger partial charge >= 0.3 is 5.97 Å². The zero-order valence-electron chi connectivity index (χ0n) is 16.7. The third-order valence-corrected chi connectivity index (χ3v) is 4.59. The lowest BCUT2D eigenvalue weighted by atomic mass is 10.0. The van der Waals surface area contributed by atoms with E-state index in [1.165, 1.54) is 83.5 Å². The fraction of sp³-hybridized carbons (Fsp3) is 0.783. The van der Waals surface area contributed by atoms with Crippen molar-refractivity contribution in [3.05, 3.63) is 24.3 Å². The number of unbranched alkanes of at least 4 members (excludes halogenated alkanes) is 13. The minimum atomic E-state index is -0.658. The van der Waals surface area contributed by atoms with Gasteiger partial charge in [0.15, 0.2) is 0 Å². The average Bonchev–Trinajstić information content (AvgIpc) is 2.60. The fourth-order valence-electron chi connectivity index (χ4n) is 2.96. The van der Waals surface area contributed by atoms with Crippen LogP contribution in [0.2, 0.25) is 0 Å². The molecule has 0 unspecified atom stereocenters. The van der Waals surface area contributed by atoms with Crippen molar-refractivity contribution in [1.82, 2.24) is 0 Å². The summed E-state index contributed by atoms with van der Waals surface area (Å²) in [5, 5.41) is 8.56.